The predicted octanol–water partition coefficient (Wildman–Crippen LogP) is 0.918. The standard InChI is InChI=1S/C23H34N4O5/c1-13-7-9-15(10-8-13)20(29)25-16-11-17(22(31)32)27(12-16)21(30)18(23(3,4)5)26-19(28)14(2)24-6/h7-10,14,16-18,24H,11-12H2,1-6H3,(H,25,29)(H,26,28)(H,31,32)/t14-,16-,17-,18+/m0/s1. The molecule has 0 saturated carbocycles. The van der Waals surface area contributed by atoms with E-state index < -0.39 is 41.5 Å². The lowest BCUT2D eigenvalue weighted by Gasteiger charge is -2.35. The molecule has 0 unspecified atom stereocenters. The number of rotatable bonds is 7. The monoisotopic (exact) mass is 446 g/mol. The van der Waals surface area contributed by atoms with Gasteiger partial charge in [-0.3, -0.25) is 14.4 Å². The summed E-state index contributed by atoms with van der Waals surface area (Å²) in [4.78, 5) is 51.6. The molecule has 0 aliphatic carbocycles. The van der Waals surface area contributed by atoms with Crippen molar-refractivity contribution in [3.8, 4) is 0 Å². The Labute approximate surface area is 188 Å². The second-order valence-corrected chi connectivity index (χ2v) is 9.43. The highest BCUT2D eigenvalue weighted by Gasteiger charge is 2.45. The lowest BCUT2D eigenvalue weighted by molar-refractivity contribution is -0.150. The fourth-order valence-corrected chi connectivity index (χ4v) is 3.60. The van der Waals surface area contributed by atoms with Crippen molar-refractivity contribution in [1.29, 1.82) is 0 Å². The smallest absolute Gasteiger partial charge is 0.326 e. The normalized spacial score (nSPS) is 20.4. The molecule has 1 aromatic rings. The van der Waals surface area contributed by atoms with Gasteiger partial charge in [-0.2, -0.15) is 0 Å². The summed E-state index contributed by atoms with van der Waals surface area (Å²) in [5.74, 6) is -2.30. The number of carbonyl (C=O) groups excluding carboxylic acids is 3. The summed E-state index contributed by atoms with van der Waals surface area (Å²) in [7, 11) is 1.64. The van der Waals surface area contributed by atoms with Gasteiger partial charge in [-0.05, 0) is 38.4 Å². The Morgan fingerprint density at radius 3 is 2.22 bits per heavy atom. The lowest BCUT2D eigenvalue weighted by Crippen LogP contribution is -2.59. The van der Waals surface area contributed by atoms with Gasteiger partial charge in [-0.1, -0.05) is 38.5 Å². The fraction of sp³-hybridized carbons (Fsp3) is 0.565. The van der Waals surface area contributed by atoms with Crippen LogP contribution in [0.5, 0.6) is 0 Å². The zero-order valence-electron chi connectivity index (χ0n) is 19.6. The third-order valence-corrected chi connectivity index (χ3v) is 5.74. The molecule has 0 spiro atoms. The van der Waals surface area contributed by atoms with E-state index in [-0.39, 0.29) is 24.8 Å². The Hall–Kier alpha value is -2.94. The van der Waals surface area contributed by atoms with Gasteiger partial charge in [0.1, 0.15) is 12.1 Å². The molecule has 9 nitrogen and oxygen atoms in total. The van der Waals surface area contributed by atoms with Crippen molar-refractivity contribution in [3.63, 3.8) is 0 Å². The van der Waals surface area contributed by atoms with Crippen LogP contribution in [-0.2, 0) is 14.4 Å². The number of hydrogen-bond donors (Lipinski definition) is 4. The number of carboxylic acids is 1. The molecule has 1 aliphatic heterocycles. The number of nitrogens with one attached hydrogen (secondary N) is 3. The van der Waals surface area contributed by atoms with Crippen LogP contribution in [0.4, 0.5) is 0 Å². The van der Waals surface area contributed by atoms with E-state index in [0.717, 1.165) is 5.56 Å². The fourth-order valence-electron chi connectivity index (χ4n) is 3.60. The zero-order chi connectivity index (χ0) is 24.2. The van der Waals surface area contributed by atoms with Crippen LogP contribution < -0.4 is 16.0 Å². The average molecular weight is 447 g/mol. The van der Waals surface area contributed by atoms with Crippen molar-refractivity contribution in [2.45, 2.75) is 65.2 Å². The molecule has 1 fully saturated rings. The number of carboxylic acid groups (broad SMARTS) is 1. The molecule has 1 heterocycles. The van der Waals surface area contributed by atoms with Crippen LogP contribution in [0.25, 0.3) is 0 Å². The van der Waals surface area contributed by atoms with E-state index in [1.165, 1.54) is 4.90 Å². The predicted molar refractivity (Wildman–Crippen MR) is 120 cm³/mol. The van der Waals surface area contributed by atoms with E-state index in [1.54, 1.807) is 26.1 Å². The second kappa shape index (κ2) is 10.1. The van der Waals surface area contributed by atoms with Gasteiger partial charge in [0.2, 0.25) is 11.8 Å². The van der Waals surface area contributed by atoms with Crippen LogP contribution in [0.15, 0.2) is 24.3 Å². The summed E-state index contributed by atoms with van der Waals surface area (Å²) in [6.45, 7) is 9.07. The molecule has 1 aromatic carbocycles. The molecule has 0 radical (unpaired) electrons. The Kier molecular flexibility index (Phi) is 8.01. The molecule has 4 N–H and O–H groups in total. The molecule has 1 aliphatic rings. The second-order valence-electron chi connectivity index (χ2n) is 9.43. The Balaban J connectivity index is 2.20. The van der Waals surface area contributed by atoms with Crippen LogP contribution in [-0.4, -0.2) is 71.5 Å². The number of amides is 3. The molecular weight excluding hydrogens is 412 g/mol. The third kappa shape index (κ3) is 6.06. The van der Waals surface area contributed by atoms with Gasteiger partial charge in [0, 0.05) is 24.6 Å². The van der Waals surface area contributed by atoms with Crippen molar-refractivity contribution in [1.82, 2.24) is 20.9 Å². The molecule has 0 bridgehead atoms. The van der Waals surface area contributed by atoms with Gasteiger partial charge in [-0.25, -0.2) is 4.79 Å². The van der Waals surface area contributed by atoms with E-state index in [0.29, 0.717) is 5.56 Å². The molecule has 1 saturated heterocycles. The number of hydrogen-bond acceptors (Lipinski definition) is 5. The summed E-state index contributed by atoms with van der Waals surface area (Å²) >= 11 is 0. The van der Waals surface area contributed by atoms with E-state index in [9.17, 15) is 24.3 Å². The maximum Gasteiger partial charge on any atom is 0.326 e. The first-order chi connectivity index (χ1) is 14.8. The molecule has 3 amide bonds. The van der Waals surface area contributed by atoms with Crippen LogP contribution in [0.1, 0.15) is 50.0 Å². The topological polar surface area (TPSA) is 128 Å². The van der Waals surface area contributed by atoms with Crippen LogP contribution in [0, 0.1) is 12.3 Å². The highest BCUT2D eigenvalue weighted by molar-refractivity contribution is 5.95. The molecular formula is C23H34N4O5. The minimum absolute atomic E-state index is 0.0530. The minimum atomic E-state index is -1.15. The summed E-state index contributed by atoms with van der Waals surface area (Å²) in [5.41, 5.74) is 0.841. The quantitative estimate of drug-likeness (QED) is 0.493. The highest BCUT2D eigenvalue weighted by atomic mass is 16.4. The molecule has 2 rings (SSSR count). The van der Waals surface area contributed by atoms with E-state index in [2.05, 4.69) is 16.0 Å². The minimum Gasteiger partial charge on any atom is -0.480 e. The SMILES string of the molecule is CN[C@@H](C)C(=O)N[C@H](C(=O)N1C[C@@H](NC(=O)c2ccc(C)cc2)C[C@H]1C(=O)O)C(C)(C)C. The summed E-state index contributed by atoms with van der Waals surface area (Å²) < 4.78 is 0. The first kappa shape index (κ1) is 25.3. The van der Waals surface area contributed by atoms with E-state index in [4.69, 9.17) is 0 Å². The molecule has 0 aromatic heterocycles. The zero-order valence-corrected chi connectivity index (χ0v) is 19.6. The van der Waals surface area contributed by atoms with E-state index >= 15 is 0 Å². The first-order valence-corrected chi connectivity index (χ1v) is 10.7. The number of carbonyl (C=O) groups is 4. The average Bonchev–Trinajstić information content (AvgIpc) is 3.14. The molecule has 4 atom stereocenters. The van der Waals surface area contributed by atoms with Crippen LogP contribution >= 0.6 is 0 Å². The summed E-state index contributed by atoms with van der Waals surface area (Å²) in [6.07, 6.45) is 0.0937. The maximum atomic E-state index is 13.4. The van der Waals surface area contributed by atoms with Gasteiger partial charge in [0.05, 0.1) is 6.04 Å². The molecule has 32 heavy (non-hydrogen) atoms. The summed E-state index contributed by atoms with van der Waals surface area (Å²) in [6, 6.07) is 4.01. The Morgan fingerprint density at radius 1 is 1.12 bits per heavy atom. The largest absolute Gasteiger partial charge is 0.480 e. The van der Waals surface area contributed by atoms with E-state index in [1.807, 2.05) is 39.8 Å². The van der Waals surface area contributed by atoms with Gasteiger partial charge in [0.15, 0.2) is 0 Å². The number of benzene rings is 1. The lowest BCUT2D eigenvalue weighted by atomic mass is 9.85. The number of likely N-dealkylation sites (N-methyl/N-ethyl adjacent to an activating group) is 1. The molecule has 9 heteroatoms. The first-order valence-electron chi connectivity index (χ1n) is 10.7. The number of aliphatic carboxylic acids is 1. The van der Waals surface area contributed by atoms with Crippen molar-refractivity contribution in [2.75, 3.05) is 13.6 Å². The molecule has 176 valence electrons. The van der Waals surface area contributed by atoms with Crippen molar-refractivity contribution in [2.24, 2.45) is 5.41 Å². The van der Waals surface area contributed by atoms with Gasteiger partial charge in [-0.15, -0.1) is 0 Å². The van der Waals surface area contributed by atoms with Gasteiger partial charge < -0.3 is 26.0 Å². The van der Waals surface area contributed by atoms with Gasteiger partial charge in [0.25, 0.3) is 5.91 Å². The highest BCUT2D eigenvalue weighted by Crippen LogP contribution is 2.26. The van der Waals surface area contributed by atoms with Gasteiger partial charge >= 0.3 is 5.97 Å². The number of nitrogens with zero attached hydrogens (tertiary/aromatic N) is 1. The Bertz CT molecular complexity index is 862. The Morgan fingerprint density at radius 2 is 1.72 bits per heavy atom. The maximum absolute atomic E-state index is 13.4. The summed E-state index contributed by atoms with van der Waals surface area (Å²) in [5, 5.41) is 18.1. The third-order valence-electron chi connectivity index (χ3n) is 5.74. The van der Waals surface area contributed by atoms with Crippen molar-refractivity contribution >= 4 is 23.7 Å². The number of aryl methyl sites for hydroxylation is 1. The van der Waals surface area contributed by atoms with Crippen molar-refractivity contribution < 1.29 is 24.3 Å². The number of likely N-dealkylation sites (tertiary alicyclic amines) is 1. The van der Waals surface area contributed by atoms with Crippen molar-refractivity contribution in [3.05, 3.63) is 35.4 Å². The van der Waals surface area contributed by atoms with Crippen LogP contribution in [0.2, 0.25) is 0 Å². The van der Waals surface area contributed by atoms with Crippen LogP contribution in [0.3, 0.4) is 0 Å².